The summed E-state index contributed by atoms with van der Waals surface area (Å²) in [7, 11) is 1.74. The summed E-state index contributed by atoms with van der Waals surface area (Å²) in [6.07, 6.45) is 3.51. The van der Waals surface area contributed by atoms with E-state index in [1.165, 1.54) is 0 Å². The van der Waals surface area contributed by atoms with Crippen LogP contribution in [0, 0.1) is 16.0 Å². The van der Waals surface area contributed by atoms with E-state index in [4.69, 9.17) is 4.74 Å². The molecule has 1 atom stereocenters. The number of hydrogen-bond donors (Lipinski definition) is 1. The van der Waals surface area contributed by atoms with E-state index in [0.717, 1.165) is 32.5 Å². The Kier molecular flexibility index (Phi) is 4.94. The molecule has 1 unspecified atom stereocenters. The van der Waals surface area contributed by atoms with Gasteiger partial charge in [0.15, 0.2) is 0 Å². The molecule has 2 heterocycles. The van der Waals surface area contributed by atoms with Crippen molar-refractivity contribution < 1.29 is 9.66 Å². The second-order valence-electron chi connectivity index (χ2n) is 5.22. The van der Waals surface area contributed by atoms with Crippen LogP contribution in [0.15, 0.2) is 0 Å². The van der Waals surface area contributed by atoms with Crippen molar-refractivity contribution >= 4 is 11.5 Å². The summed E-state index contributed by atoms with van der Waals surface area (Å²) in [5, 5.41) is 18.7. The Morgan fingerprint density at radius 3 is 3.00 bits per heavy atom. The molecule has 1 aliphatic heterocycles. The number of nitrogens with zero attached hydrogens (tertiary/aromatic N) is 3. The standard InChI is InChI=1S/C13H22N4O3/c1-3-4-11-12(17(18)19)13(16(2)15-11)14-7-5-10-6-8-20-9-10/h10,14H,3-9H2,1-2H3. The smallest absolute Gasteiger partial charge is 0.333 e. The summed E-state index contributed by atoms with van der Waals surface area (Å²) in [6, 6.07) is 0. The van der Waals surface area contributed by atoms with E-state index in [1.807, 2.05) is 6.92 Å². The van der Waals surface area contributed by atoms with E-state index in [2.05, 4.69) is 10.4 Å². The molecule has 0 radical (unpaired) electrons. The molecule has 1 aliphatic rings. The molecule has 0 aromatic carbocycles. The Labute approximate surface area is 118 Å². The highest BCUT2D eigenvalue weighted by atomic mass is 16.6. The van der Waals surface area contributed by atoms with Crippen molar-refractivity contribution in [3.8, 4) is 0 Å². The SMILES string of the molecule is CCCc1nn(C)c(NCCC2CCOC2)c1[N+](=O)[O-]. The van der Waals surface area contributed by atoms with Gasteiger partial charge in [0.2, 0.25) is 5.82 Å². The monoisotopic (exact) mass is 282 g/mol. The molecule has 7 heteroatoms. The molecule has 0 amide bonds. The molecule has 112 valence electrons. The minimum Gasteiger partial charge on any atom is -0.381 e. The number of aryl methyl sites for hydroxylation is 2. The zero-order chi connectivity index (χ0) is 14.5. The molecule has 0 bridgehead atoms. The van der Waals surface area contributed by atoms with E-state index < -0.39 is 0 Å². The highest BCUT2D eigenvalue weighted by Gasteiger charge is 2.26. The van der Waals surface area contributed by atoms with Gasteiger partial charge in [0.1, 0.15) is 5.69 Å². The van der Waals surface area contributed by atoms with Crippen LogP contribution in [0.25, 0.3) is 0 Å². The van der Waals surface area contributed by atoms with Crippen LogP contribution in [-0.4, -0.2) is 34.5 Å². The van der Waals surface area contributed by atoms with Gasteiger partial charge in [0.25, 0.3) is 0 Å². The number of anilines is 1. The summed E-state index contributed by atoms with van der Waals surface area (Å²) in [5.74, 6) is 1.07. The van der Waals surface area contributed by atoms with Gasteiger partial charge < -0.3 is 10.1 Å². The lowest BCUT2D eigenvalue weighted by Crippen LogP contribution is -2.12. The highest BCUT2D eigenvalue weighted by Crippen LogP contribution is 2.29. The average molecular weight is 282 g/mol. The molecule has 1 N–H and O–H groups in total. The van der Waals surface area contributed by atoms with Crippen molar-refractivity contribution in [2.75, 3.05) is 25.1 Å². The minimum absolute atomic E-state index is 0.122. The Morgan fingerprint density at radius 1 is 1.60 bits per heavy atom. The fourth-order valence-electron chi connectivity index (χ4n) is 2.57. The third-order valence-electron chi connectivity index (χ3n) is 3.63. The van der Waals surface area contributed by atoms with Crippen LogP contribution in [0.4, 0.5) is 11.5 Å². The zero-order valence-electron chi connectivity index (χ0n) is 12.1. The number of hydrogen-bond acceptors (Lipinski definition) is 5. The summed E-state index contributed by atoms with van der Waals surface area (Å²) in [6.45, 7) is 4.33. The molecule has 0 spiro atoms. The van der Waals surface area contributed by atoms with E-state index in [1.54, 1.807) is 11.7 Å². The van der Waals surface area contributed by atoms with E-state index >= 15 is 0 Å². The lowest BCUT2D eigenvalue weighted by atomic mass is 10.1. The second kappa shape index (κ2) is 6.69. The molecular formula is C13H22N4O3. The summed E-state index contributed by atoms with van der Waals surface area (Å²) in [5.41, 5.74) is 0.684. The first-order chi connectivity index (χ1) is 9.63. The molecule has 1 fully saturated rings. The number of nitrogens with one attached hydrogen (secondary N) is 1. The van der Waals surface area contributed by atoms with Crippen LogP contribution >= 0.6 is 0 Å². The van der Waals surface area contributed by atoms with Crippen LogP contribution in [-0.2, 0) is 18.2 Å². The molecule has 0 saturated carbocycles. The summed E-state index contributed by atoms with van der Waals surface area (Å²) >= 11 is 0. The van der Waals surface area contributed by atoms with Gasteiger partial charge in [-0.25, -0.2) is 4.68 Å². The van der Waals surface area contributed by atoms with Crippen molar-refractivity contribution in [1.29, 1.82) is 0 Å². The van der Waals surface area contributed by atoms with E-state index in [9.17, 15) is 10.1 Å². The fraction of sp³-hybridized carbons (Fsp3) is 0.769. The van der Waals surface area contributed by atoms with Crippen LogP contribution in [0.1, 0.15) is 31.9 Å². The molecule has 2 rings (SSSR count). The summed E-state index contributed by atoms with van der Waals surface area (Å²) < 4.78 is 6.91. The maximum atomic E-state index is 11.2. The molecule has 1 saturated heterocycles. The van der Waals surface area contributed by atoms with Gasteiger partial charge in [-0.1, -0.05) is 13.3 Å². The van der Waals surface area contributed by atoms with Gasteiger partial charge in [0.05, 0.1) is 4.92 Å². The molecule has 1 aromatic heterocycles. The maximum absolute atomic E-state index is 11.2. The van der Waals surface area contributed by atoms with Gasteiger partial charge in [-0.05, 0) is 25.2 Å². The first kappa shape index (κ1) is 14.8. The number of aromatic nitrogens is 2. The molecule has 20 heavy (non-hydrogen) atoms. The Bertz CT molecular complexity index is 466. The maximum Gasteiger partial charge on any atom is 0.333 e. The Hall–Kier alpha value is -1.63. The lowest BCUT2D eigenvalue weighted by molar-refractivity contribution is -0.384. The molecule has 7 nitrogen and oxygen atoms in total. The van der Waals surface area contributed by atoms with Crippen LogP contribution in [0.5, 0.6) is 0 Å². The highest BCUT2D eigenvalue weighted by molar-refractivity contribution is 5.59. The zero-order valence-corrected chi connectivity index (χ0v) is 12.1. The van der Waals surface area contributed by atoms with Crippen LogP contribution < -0.4 is 5.32 Å². The Balaban J connectivity index is 2.03. The van der Waals surface area contributed by atoms with Gasteiger partial charge >= 0.3 is 5.69 Å². The molecule has 0 aliphatic carbocycles. The normalized spacial score (nSPS) is 18.4. The molecule has 1 aromatic rings. The largest absolute Gasteiger partial charge is 0.381 e. The minimum atomic E-state index is -0.334. The predicted molar refractivity (Wildman–Crippen MR) is 75.9 cm³/mol. The van der Waals surface area contributed by atoms with Crippen molar-refractivity contribution in [3.63, 3.8) is 0 Å². The van der Waals surface area contributed by atoms with Crippen molar-refractivity contribution in [3.05, 3.63) is 15.8 Å². The third kappa shape index (κ3) is 3.27. The first-order valence-corrected chi connectivity index (χ1v) is 7.15. The summed E-state index contributed by atoms with van der Waals surface area (Å²) in [4.78, 5) is 10.9. The van der Waals surface area contributed by atoms with Gasteiger partial charge in [-0.15, -0.1) is 0 Å². The van der Waals surface area contributed by atoms with Gasteiger partial charge in [-0.2, -0.15) is 5.10 Å². The third-order valence-corrected chi connectivity index (χ3v) is 3.63. The topological polar surface area (TPSA) is 82.2 Å². The second-order valence-corrected chi connectivity index (χ2v) is 5.22. The first-order valence-electron chi connectivity index (χ1n) is 7.15. The van der Waals surface area contributed by atoms with Gasteiger partial charge in [0, 0.05) is 26.8 Å². The average Bonchev–Trinajstić information content (AvgIpc) is 2.99. The predicted octanol–water partition coefficient (Wildman–Crippen LogP) is 2.12. The van der Waals surface area contributed by atoms with Crippen molar-refractivity contribution in [2.45, 2.75) is 32.6 Å². The Morgan fingerprint density at radius 2 is 2.40 bits per heavy atom. The van der Waals surface area contributed by atoms with Gasteiger partial charge in [-0.3, -0.25) is 10.1 Å². The van der Waals surface area contributed by atoms with Crippen LogP contribution in [0.2, 0.25) is 0 Å². The number of nitro groups is 1. The number of rotatable bonds is 7. The molecular weight excluding hydrogens is 260 g/mol. The fourth-order valence-corrected chi connectivity index (χ4v) is 2.57. The quantitative estimate of drug-likeness (QED) is 0.612. The lowest BCUT2D eigenvalue weighted by Gasteiger charge is -2.09. The van der Waals surface area contributed by atoms with Crippen LogP contribution in [0.3, 0.4) is 0 Å². The van der Waals surface area contributed by atoms with Crippen molar-refractivity contribution in [1.82, 2.24) is 9.78 Å². The van der Waals surface area contributed by atoms with E-state index in [0.29, 0.717) is 30.4 Å². The van der Waals surface area contributed by atoms with Crippen molar-refractivity contribution in [2.24, 2.45) is 13.0 Å². The van der Waals surface area contributed by atoms with E-state index in [-0.39, 0.29) is 10.6 Å². The number of ether oxygens (including phenoxy) is 1.